The highest BCUT2D eigenvalue weighted by atomic mass is 16.6. The van der Waals surface area contributed by atoms with Crippen LogP contribution in [0.2, 0.25) is 0 Å². The first-order valence-electron chi connectivity index (χ1n) is 6.26. The average Bonchev–Trinajstić information content (AvgIpc) is 2.98. The molecule has 0 spiro atoms. The molecule has 0 saturated heterocycles. The van der Waals surface area contributed by atoms with Gasteiger partial charge in [-0.05, 0) is 29.8 Å². The summed E-state index contributed by atoms with van der Waals surface area (Å²) in [5.74, 6) is -0.0171. The van der Waals surface area contributed by atoms with E-state index in [9.17, 15) is 15.2 Å². The highest BCUT2D eigenvalue weighted by Crippen LogP contribution is 2.31. The lowest BCUT2D eigenvalue weighted by Crippen LogP contribution is -2.26. The van der Waals surface area contributed by atoms with Crippen molar-refractivity contribution >= 4 is 11.4 Å². The van der Waals surface area contributed by atoms with Gasteiger partial charge in [0.15, 0.2) is 0 Å². The first-order chi connectivity index (χ1) is 10.1. The van der Waals surface area contributed by atoms with Crippen molar-refractivity contribution in [3.63, 3.8) is 0 Å². The Balaban J connectivity index is 1.95. The molecule has 3 N–H and O–H groups in total. The zero-order valence-electron chi connectivity index (χ0n) is 10.9. The molecule has 1 aliphatic heterocycles. The van der Waals surface area contributed by atoms with E-state index in [-0.39, 0.29) is 17.5 Å². The fraction of sp³-hybridized carbons (Fsp3) is 0.0714. The van der Waals surface area contributed by atoms with Gasteiger partial charge in [0, 0.05) is 30.1 Å². The molecule has 0 bridgehead atoms. The lowest BCUT2D eigenvalue weighted by atomic mass is 10.1. The molecular weight excluding hydrogens is 272 g/mol. The average molecular weight is 284 g/mol. The molecule has 0 amide bonds. The van der Waals surface area contributed by atoms with Crippen LogP contribution in [0.25, 0.3) is 5.70 Å². The molecule has 1 aromatic heterocycles. The lowest BCUT2D eigenvalue weighted by molar-refractivity contribution is -0.384. The highest BCUT2D eigenvalue weighted by molar-refractivity contribution is 5.72. The third-order valence-corrected chi connectivity index (χ3v) is 3.24. The maximum Gasteiger partial charge on any atom is 0.270 e. The molecule has 2 heterocycles. The zero-order chi connectivity index (χ0) is 14.8. The summed E-state index contributed by atoms with van der Waals surface area (Å²) in [4.78, 5) is 14.3. The monoisotopic (exact) mass is 284 g/mol. The summed E-state index contributed by atoms with van der Waals surface area (Å²) in [6.07, 6.45) is 5.23. The van der Waals surface area contributed by atoms with Crippen molar-refractivity contribution in [2.75, 3.05) is 0 Å². The molecule has 1 atom stereocenters. The maximum absolute atomic E-state index is 10.8. The van der Waals surface area contributed by atoms with Crippen LogP contribution < -0.4 is 10.9 Å². The van der Waals surface area contributed by atoms with E-state index in [1.165, 1.54) is 18.2 Å². The summed E-state index contributed by atoms with van der Waals surface area (Å²) < 4.78 is 0. The number of pyridine rings is 1. The second-order valence-corrected chi connectivity index (χ2v) is 4.57. The Bertz CT molecular complexity index is 715. The first-order valence-corrected chi connectivity index (χ1v) is 6.26. The summed E-state index contributed by atoms with van der Waals surface area (Å²) in [7, 11) is 0. The predicted molar refractivity (Wildman–Crippen MR) is 76.0 cm³/mol. The van der Waals surface area contributed by atoms with E-state index in [2.05, 4.69) is 15.8 Å². The smallest absolute Gasteiger partial charge is 0.270 e. The highest BCUT2D eigenvalue weighted by Gasteiger charge is 2.21. The second kappa shape index (κ2) is 5.22. The summed E-state index contributed by atoms with van der Waals surface area (Å²) in [6, 6.07) is 7.56. The number of aromatic nitrogens is 1. The molecule has 1 aromatic carbocycles. The molecule has 0 fully saturated rings. The Morgan fingerprint density at radius 2 is 2.00 bits per heavy atom. The van der Waals surface area contributed by atoms with E-state index < -0.39 is 4.92 Å². The van der Waals surface area contributed by atoms with Crippen LogP contribution in [0.3, 0.4) is 0 Å². The summed E-state index contributed by atoms with van der Waals surface area (Å²) in [5, 5.41) is 20.7. The molecule has 3 rings (SSSR count). The van der Waals surface area contributed by atoms with E-state index in [1.807, 2.05) is 18.2 Å². The van der Waals surface area contributed by atoms with Crippen LogP contribution in [0.5, 0.6) is 5.75 Å². The standard InChI is InChI=1S/C14H12N4O3/c19-14-2-1-10(18(20)21)7-11(14)13-8-12(16-17-13)9-3-5-15-6-4-9/h1-8,12,16-17,19H. The van der Waals surface area contributed by atoms with Crippen molar-refractivity contribution < 1.29 is 10.0 Å². The van der Waals surface area contributed by atoms with Crippen molar-refractivity contribution in [2.45, 2.75) is 6.04 Å². The number of non-ortho nitro benzene ring substituents is 1. The molecule has 106 valence electrons. The maximum atomic E-state index is 10.8. The van der Waals surface area contributed by atoms with Crippen molar-refractivity contribution in [3.05, 3.63) is 70.0 Å². The molecule has 0 radical (unpaired) electrons. The minimum absolute atomic E-state index is 0.0171. The van der Waals surface area contributed by atoms with E-state index in [0.29, 0.717) is 11.3 Å². The Morgan fingerprint density at radius 3 is 2.71 bits per heavy atom. The van der Waals surface area contributed by atoms with Crippen LogP contribution in [-0.2, 0) is 0 Å². The number of hydrogen-bond acceptors (Lipinski definition) is 6. The molecule has 1 unspecified atom stereocenters. The fourth-order valence-electron chi connectivity index (χ4n) is 2.17. The van der Waals surface area contributed by atoms with Gasteiger partial charge in [0.25, 0.3) is 5.69 Å². The largest absolute Gasteiger partial charge is 0.507 e. The van der Waals surface area contributed by atoms with Crippen molar-refractivity contribution in [1.29, 1.82) is 0 Å². The Hall–Kier alpha value is -2.93. The molecule has 0 aliphatic carbocycles. The Labute approximate surface area is 120 Å². The fourth-order valence-corrected chi connectivity index (χ4v) is 2.17. The molecule has 0 saturated carbocycles. The molecule has 21 heavy (non-hydrogen) atoms. The SMILES string of the molecule is O=[N+]([O-])c1ccc(O)c(C2=CC(c3ccncc3)NN2)c1. The predicted octanol–water partition coefficient (Wildman–Crippen LogP) is 1.89. The first kappa shape index (κ1) is 13.1. The van der Waals surface area contributed by atoms with Crippen LogP contribution in [0.15, 0.2) is 48.8 Å². The van der Waals surface area contributed by atoms with Crippen LogP contribution >= 0.6 is 0 Å². The number of nitrogens with zero attached hydrogens (tertiary/aromatic N) is 2. The number of hydrazine groups is 1. The Morgan fingerprint density at radius 1 is 1.24 bits per heavy atom. The summed E-state index contributed by atoms with van der Waals surface area (Å²) >= 11 is 0. The van der Waals surface area contributed by atoms with Gasteiger partial charge >= 0.3 is 0 Å². The number of aromatic hydroxyl groups is 1. The number of nitrogens with one attached hydrogen (secondary N) is 2. The van der Waals surface area contributed by atoms with Crippen LogP contribution in [0, 0.1) is 10.1 Å². The van der Waals surface area contributed by atoms with Gasteiger partial charge in [-0.3, -0.25) is 15.1 Å². The van der Waals surface area contributed by atoms with Gasteiger partial charge in [0.05, 0.1) is 16.7 Å². The van der Waals surface area contributed by atoms with E-state index in [1.54, 1.807) is 12.4 Å². The van der Waals surface area contributed by atoms with Crippen molar-refractivity contribution in [2.24, 2.45) is 0 Å². The van der Waals surface area contributed by atoms with Gasteiger partial charge < -0.3 is 10.5 Å². The van der Waals surface area contributed by atoms with Crippen molar-refractivity contribution in [3.8, 4) is 5.75 Å². The van der Waals surface area contributed by atoms with Gasteiger partial charge in [-0.15, -0.1) is 0 Å². The minimum Gasteiger partial charge on any atom is -0.507 e. The van der Waals surface area contributed by atoms with Crippen molar-refractivity contribution in [1.82, 2.24) is 15.8 Å². The van der Waals surface area contributed by atoms with Gasteiger partial charge in [-0.1, -0.05) is 0 Å². The molecular formula is C14H12N4O3. The number of rotatable bonds is 3. The van der Waals surface area contributed by atoms with E-state index >= 15 is 0 Å². The third-order valence-electron chi connectivity index (χ3n) is 3.24. The third kappa shape index (κ3) is 2.54. The number of nitro groups is 1. The number of hydrogen-bond donors (Lipinski definition) is 3. The molecule has 1 aliphatic rings. The van der Waals surface area contributed by atoms with Crippen LogP contribution in [0.4, 0.5) is 5.69 Å². The second-order valence-electron chi connectivity index (χ2n) is 4.57. The van der Waals surface area contributed by atoms with Crippen LogP contribution in [0.1, 0.15) is 17.2 Å². The molecule has 7 nitrogen and oxygen atoms in total. The topological polar surface area (TPSA) is 100 Å². The Kier molecular flexibility index (Phi) is 3.25. The van der Waals surface area contributed by atoms with Gasteiger partial charge in [0.1, 0.15) is 5.75 Å². The summed E-state index contributed by atoms with van der Waals surface area (Å²) in [6.45, 7) is 0. The van der Waals surface area contributed by atoms with Gasteiger partial charge in [-0.2, -0.15) is 0 Å². The zero-order valence-corrected chi connectivity index (χ0v) is 10.9. The lowest BCUT2D eigenvalue weighted by Gasteiger charge is -2.08. The number of nitro benzene ring substituents is 1. The quantitative estimate of drug-likeness (QED) is 0.588. The van der Waals surface area contributed by atoms with Gasteiger partial charge in [-0.25, -0.2) is 5.43 Å². The molecule has 2 aromatic rings. The number of benzene rings is 1. The normalized spacial score (nSPS) is 17.1. The summed E-state index contributed by atoms with van der Waals surface area (Å²) in [5.41, 5.74) is 7.89. The van der Waals surface area contributed by atoms with Gasteiger partial charge in [0.2, 0.25) is 0 Å². The van der Waals surface area contributed by atoms with Crippen LogP contribution in [-0.4, -0.2) is 15.0 Å². The van der Waals surface area contributed by atoms with E-state index in [4.69, 9.17) is 0 Å². The number of phenolic OH excluding ortho intramolecular Hbond substituents is 1. The van der Waals surface area contributed by atoms with E-state index in [0.717, 1.165) is 5.56 Å². The number of phenols is 1. The molecule has 7 heteroatoms. The minimum atomic E-state index is -0.494.